The van der Waals surface area contributed by atoms with Crippen LogP contribution in [0, 0.1) is 0 Å². The fourth-order valence-electron chi connectivity index (χ4n) is 2.50. The van der Waals surface area contributed by atoms with Crippen LogP contribution in [0.3, 0.4) is 0 Å². The summed E-state index contributed by atoms with van der Waals surface area (Å²) < 4.78 is 15.7. The zero-order chi connectivity index (χ0) is 17.4. The van der Waals surface area contributed by atoms with E-state index in [9.17, 15) is 25.3 Å². The van der Waals surface area contributed by atoms with E-state index in [-0.39, 0.29) is 11.4 Å². The number of para-hydroxylation sites is 2. The summed E-state index contributed by atoms with van der Waals surface area (Å²) in [4.78, 5) is 12.1. The van der Waals surface area contributed by atoms with E-state index < -0.39 is 49.5 Å². The van der Waals surface area contributed by atoms with E-state index in [2.05, 4.69) is 0 Å². The number of carbonyl (C=O) groups excluding carboxylic acids is 1. The molecule has 2 aliphatic heterocycles. The van der Waals surface area contributed by atoms with Gasteiger partial charge in [-0.05, 0) is 12.1 Å². The first kappa shape index (κ1) is 17.0. The second kappa shape index (κ2) is 6.61. The van der Waals surface area contributed by atoms with Gasteiger partial charge < -0.3 is 34.6 Å². The van der Waals surface area contributed by atoms with Crippen molar-refractivity contribution in [1.29, 1.82) is 0 Å². The summed E-state index contributed by atoms with van der Waals surface area (Å²) in [6.07, 6.45) is -9.30. The second-order valence-electron chi connectivity index (χ2n) is 5.40. The van der Waals surface area contributed by atoms with Crippen molar-refractivity contribution in [2.75, 3.05) is 11.7 Å². The van der Waals surface area contributed by atoms with E-state index in [4.69, 9.17) is 19.3 Å². The number of aliphatic hydroxyl groups is 4. The number of hydroxylamine groups is 1. The van der Waals surface area contributed by atoms with E-state index in [1.165, 1.54) is 12.1 Å². The van der Waals surface area contributed by atoms with Gasteiger partial charge in [-0.2, -0.15) is 5.06 Å². The first-order valence-corrected chi connectivity index (χ1v) is 7.18. The summed E-state index contributed by atoms with van der Waals surface area (Å²) in [5, 5.41) is 48.7. The third-order valence-electron chi connectivity index (χ3n) is 3.84. The quantitative estimate of drug-likeness (QED) is 0.391. The predicted molar refractivity (Wildman–Crippen MR) is 75.0 cm³/mol. The molecule has 3 rings (SSSR count). The molecular formula is C14H17NO9. The molecule has 1 amide bonds. The third-order valence-corrected chi connectivity index (χ3v) is 3.84. The van der Waals surface area contributed by atoms with Crippen LogP contribution in [0.4, 0.5) is 5.69 Å². The van der Waals surface area contributed by atoms with E-state index >= 15 is 0 Å². The van der Waals surface area contributed by atoms with Gasteiger partial charge in [0.25, 0.3) is 6.29 Å². The van der Waals surface area contributed by atoms with Crippen LogP contribution in [0.25, 0.3) is 0 Å². The fourth-order valence-corrected chi connectivity index (χ4v) is 2.50. The van der Waals surface area contributed by atoms with E-state index in [1.54, 1.807) is 12.1 Å². The Balaban J connectivity index is 1.77. The largest absolute Gasteiger partial charge is 0.453 e. The number of aliphatic hydroxyl groups excluding tert-OH is 4. The van der Waals surface area contributed by atoms with Gasteiger partial charge in [-0.15, -0.1) is 0 Å². The SMILES string of the molecule is O=C1C(O[C@@H]2O[C@H](CO)[C@@H](O)[C@H](O)[C@H]2O)Oc2ccccc2N1O. The Hall–Kier alpha value is -1.79. The molecule has 1 aromatic rings. The van der Waals surface area contributed by atoms with Crippen LogP contribution < -0.4 is 9.80 Å². The molecule has 1 fully saturated rings. The van der Waals surface area contributed by atoms with Gasteiger partial charge in [0, 0.05) is 0 Å². The summed E-state index contributed by atoms with van der Waals surface area (Å²) in [5.41, 5.74) is 0.121. The highest BCUT2D eigenvalue weighted by Crippen LogP contribution is 2.34. The Morgan fingerprint density at radius 2 is 1.83 bits per heavy atom. The van der Waals surface area contributed by atoms with Crippen LogP contribution in [0.15, 0.2) is 24.3 Å². The van der Waals surface area contributed by atoms with Gasteiger partial charge in [-0.1, -0.05) is 12.1 Å². The summed E-state index contributed by atoms with van der Waals surface area (Å²) in [6.45, 7) is -0.640. The number of carbonyl (C=O) groups is 1. The van der Waals surface area contributed by atoms with Gasteiger partial charge in [0.2, 0.25) is 0 Å². The topological polar surface area (TPSA) is 149 Å². The molecule has 6 atom stereocenters. The van der Waals surface area contributed by atoms with Crippen LogP contribution in [-0.4, -0.2) is 75.1 Å². The molecule has 0 aromatic heterocycles. The van der Waals surface area contributed by atoms with E-state index in [0.717, 1.165) is 0 Å². The van der Waals surface area contributed by atoms with Crippen molar-refractivity contribution in [3.05, 3.63) is 24.3 Å². The molecule has 1 saturated heterocycles. The molecule has 2 heterocycles. The Kier molecular flexibility index (Phi) is 4.69. The normalized spacial score (nSPS) is 36.2. The van der Waals surface area contributed by atoms with Gasteiger partial charge >= 0.3 is 5.91 Å². The highest BCUT2D eigenvalue weighted by molar-refractivity contribution is 5.97. The number of anilines is 1. The molecule has 0 bridgehead atoms. The average Bonchev–Trinajstić information content (AvgIpc) is 2.59. The van der Waals surface area contributed by atoms with Crippen molar-refractivity contribution < 1.29 is 44.6 Å². The van der Waals surface area contributed by atoms with Crippen molar-refractivity contribution in [3.8, 4) is 5.75 Å². The average molecular weight is 343 g/mol. The zero-order valence-electron chi connectivity index (χ0n) is 12.3. The number of fused-ring (bicyclic) bond motifs is 1. The maximum atomic E-state index is 12.1. The van der Waals surface area contributed by atoms with Crippen molar-refractivity contribution in [1.82, 2.24) is 0 Å². The number of rotatable bonds is 3. The van der Waals surface area contributed by atoms with Gasteiger partial charge in [0.15, 0.2) is 6.29 Å². The van der Waals surface area contributed by atoms with E-state index in [1.807, 2.05) is 0 Å². The monoisotopic (exact) mass is 343 g/mol. The highest BCUT2D eigenvalue weighted by Gasteiger charge is 2.47. The van der Waals surface area contributed by atoms with Crippen molar-refractivity contribution in [2.24, 2.45) is 0 Å². The highest BCUT2D eigenvalue weighted by atomic mass is 16.8. The first-order valence-electron chi connectivity index (χ1n) is 7.18. The van der Waals surface area contributed by atoms with Crippen LogP contribution >= 0.6 is 0 Å². The van der Waals surface area contributed by atoms with Crippen molar-refractivity contribution in [2.45, 2.75) is 37.0 Å². The number of benzene rings is 1. The lowest BCUT2D eigenvalue weighted by Gasteiger charge is -2.41. The smallest absolute Gasteiger partial charge is 0.320 e. The molecule has 0 spiro atoms. The van der Waals surface area contributed by atoms with Crippen molar-refractivity contribution >= 4 is 11.6 Å². The fraction of sp³-hybridized carbons (Fsp3) is 0.500. The molecule has 10 nitrogen and oxygen atoms in total. The molecule has 10 heteroatoms. The summed E-state index contributed by atoms with van der Waals surface area (Å²) in [7, 11) is 0. The third kappa shape index (κ3) is 2.84. The Morgan fingerprint density at radius 1 is 1.12 bits per heavy atom. The summed E-state index contributed by atoms with van der Waals surface area (Å²) >= 11 is 0. The Morgan fingerprint density at radius 3 is 2.54 bits per heavy atom. The molecule has 24 heavy (non-hydrogen) atoms. The van der Waals surface area contributed by atoms with Gasteiger partial charge in [0.05, 0.1) is 6.61 Å². The number of hydrogen-bond acceptors (Lipinski definition) is 9. The second-order valence-corrected chi connectivity index (χ2v) is 5.40. The number of nitrogens with zero attached hydrogens (tertiary/aromatic N) is 1. The zero-order valence-corrected chi connectivity index (χ0v) is 12.3. The molecular weight excluding hydrogens is 326 g/mol. The summed E-state index contributed by atoms with van der Waals surface area (Å²) in [5.74, 6) is -0.806. The lowest BCUT2D eigenvalue weighted by Crippen LogP contribution is -2.61. The molecule has 0 radical (unpaired) electrons. The van der Waals surface area contributed by atoms with Gasteiger partial charge in [-0.3, -0.25) is 10.0 Å². The van der Waals surface area contributed by atoms with Gasteiger partial charge in [-0.25, -0.2) is 0 Å². The van der Waals surface area contributed by atoms with Crippen LogP contribution in [0.2, 0.25) is 0 Å². The van der Waals surface area contributed by atoms with Crippen LogP contribution in [0.1, 0.15) is 0 Å². The maximum absolute atomic E-state index is 12.1. The minimum Gasteiger partial charge on any atom is -0.453 e. The molecule has 1 unspecified atom stereocenters. The lowest BCUT2D eigenvalue weighted by molar-refractivity contribution is -0.323. The number of amides is 1. The molecule has 0 aliphatic carbocycles. The molecule has 1 aromatic carbocycles. The van der Waals surface area contributed by atoms with Crippen molar-refractivity contribution in [3.63, 3.8) is 0 Å². The van der Waals surface area contributed by atoms with Crippen LogP contribution in [0.5, 0.6) is 5.75 Å². The minimum absolute atomic E-state index is 0.121. The molecule has 132 valence electrons. The maximum Gasteiger partial charge on any atom is 0.320 e. The standard InChI is InChI=1S/C14H17NO9/c16-5-8-9(17)10(18)11(19)13(23-8)24-14-12(20)15(21)6-3-1-2-4-7(6)22-14/h1-4,8-11,13-14,16-19,21H,5H2/t8-,9-,10+,11-,13+,14?/m1/s1. The predicted octanol–water partition coefficient (Wildman–Crippen LogP) is -2.06. The Bertz CT molecular complexity index is 610. The van der Waals surface area contributed by atoms with Crippen LogP contribution in [-0.2, 0) is 14.3 Å². The molecule has 0 saturated carbocycles. The Labute approximate surface area is 136 Å². The minimum atomic E-state index is -1.69. The van der Waals surface area contributed by atoms with E-state index in [0.29, 0.717) is 5.06 Å². The molecule has 2 aliphatic rings. The first-order chi connectivity index (χ1) is 11.4. The number of hydrogen-bond donors (Lipinski definition) is 5. The number of ether oxygens (including phenoxy) is 3. The molecule has 5 N–H and O–H groups in total. The lowest BCUT2D eigenvalue weighted by atomic mass is 9.99. The summed E-state index contributed by atoms with van der Waals surface area (Å²) in [6, 6.07) is 6.16. The van der Waals surface area contributed by atoms with Gasteiger partial charge in [0.1, 0.15) is 35.9 Å².